The molecule has 1 saturated carbocycles. The molecule has 0 atom stereocenters. The standard InChI is InChI=1S/C18H27N3O2/c1-14-3-5-15(6-4-14)18(22)21-11-9-20(10-12-21)16-7-8-19-13-17(16)23-2/h7-8,13-15H,3-6,9-12H2,1-2H3. The van der Waals surface area contributed by atoms with Crippen molar-refractivity contribution in [1.29, 1.82) is 0 Å². The third-order valence-corrected chi connectivity index (χ3v) is 5.28. The highest BCUT2D eigenvalue weighted by molar-refractivity contribution is 5.79. The first-order chi connectivity index (χ1) is 11.2. The molecule has 1 amide bonds. The Morgan fingerprint density at radius 3 is 2.52 bits per heavy atom. The number of carbonyl (C=O) groups excluding carboxylic acids is 1. The fraction of sp³-hybridized carbons (Fsp3) is 0.667. The Kier molecular flexibility index (Phi) is 5.03. The van der Waals surface area contributed by atoms with Gasteiger partial charge in [-0.1, -0.05) is 6.92 Å². The van der Waals surface area contributed by atoms with E-state index in [4.69, 9.17) is 4.74 Å². The lowest BCUT2D eigenvalue weighted by atomic mass is 9.82. The van der Waals surface area contributed by atoms with E-state index < -0.39 is 0 Å². The number of aromatic nitrogens is 1. The maximum atomic E-state index is 12.7. The van der Waals surface area contributed by atoms with Crippen LogP contribution in [0.5, 0.6) is 5.75 Å². The molecule has 0 unspecified atom stereocenters. The van der Waals surface area contributed by atoms with E-state index in [2.05, 4.69) is 21.7 Å². The summed E-state index contributed by atoms with van der Waals surface area (Å²) < 4.78 is 5.39. The van der Waals surface area contributed by atoms with Gasteiger partial charge in [-0.05, 0) is 37.7 Å². The minimum Gasteiger partial charge on any atom is -0.493 e. The van der Waals surface area contributed by atoms with Gasteiger partial charge in [0.05, 0.1) is 19.0 Å². The van der Waals surface area contributed by atoms with Gasteiger partial charge in [0.1, 0.15) is 0 Å². The van der Waals surface area contributed by atoms with Gasteiger partial charge in [0, 0.05) is 38.3 Å². The van der Waals surface area contributed by atoms with Crippen molar-refractivity contribution in [1.82, 2.24) is 9.88 Å². The summed E-state index contributed by atoms with van der Waals surface area (Å²) >= 11 is 0. The second-order valence-corrected chi connectivity index (χ2v) is 6.82. The summed E-state index contributed by atoms with van der Waals surface area (Å²) in [7, 11) is 1.67. The van der Waals surface area contributed by atoms with Gasteiger partial charge in [-0.15, -0.1) is 0 Å². The number of carbonyl (C=O) groups is 1. The summed E-state index contributed by atoms with van der Waals surface area (Å²) in [6, 6.07) is 1.98. The maximum Gasteiger partial charge on any atom is 0.225 e. The van der Waals surface area contributed by atoms with E-state index >= 15 is 0 Å². The molecule has 126 valence electrons. The Labute approximate surface area is 138 Å². The lowest BCUT2D eigenvalue weighted by molar-refractivity contribution is -0.137. The summed E-state index contributed by atoms with van der Waals surface area (Å²) in [6.07, 6.45) is 8.07. The number of hydrogen-bond donors (Lipinski definition) is 0. The van der Waals surface area contributed by atoms with Crippen LogP contribution >= 0.6 is 0 Å². The van der Waals surface area contributed by atoms with Crippen molar-refractivity contribution in [3.8, 4) is 5.75 Å². The van der Waals surface area contributed by atoms with Gasteiger partial charge in [-0.25, -0.2) is 0 Å². The fourth-order valence-electron chi connectivity index (χ4n) is 3.72. The molecule has 0 bridgehead atoms. The molecule has 23 heavy (non-hydrogen) atoms. The molecule has 5 heteroatoms. The van der Waals surface area contributed by atoms with Crippen molar-refractivity contribution in [3.05, 3.63) is 18.5 Å². The highest BCUT2D eigenvalue weighted by Gasteiger charge is 2.30. The van der Waals surface area contributed by atoms with Crippen LogP contribution in [0.3, 0.4) is 0 Å². The Morgan fingerprint density at radius 1 is 1.17 bits per heavy atom. The highest BCUT2D eigenvalue weighted by atomic mass is 16.5. The predicted molar refractivity (Wildman–Crippen MR) is 90.7 cm³/mol. The average molecular weight is 317 g/mol. The normalized spacial score (nSPS) is 25.3. The zero-order valence-corrected chi connectivity index (χ0v) is 14.2. The van der Waals surface area contributed by atoms with Gasteiger partial charge < -0.3 is 14.5 Å². The Balaban J connectivity index is 1.57. The van der Waals surface area contributed by atoms with Crippen molar-refractivity contribution >= 4 is 11.6 Å². The van der Waals surface area contributed by atoms with Crippen molar-refractivity contribution in [2.45, 2.75) is 32.6 Å². The molecule has 2 heterocycles. The molecule has 0 N–H and O–H groups in total. The number of nitrogens with zero attached hydrogens (tertiary/aromatic N) is 3. The number of hydrogen-bond acceptors (Lipinski definition) is 4. The molecule has 1 aromatic rings. The Hall–Kier alpha value is -1.78. The maximum absolute atomic E-state index is 12.7. The van der Waals surface area contributed by atoms with Crippen molar-refractivity contribution in [2.75, 3.05) is 38.2 Å². The molecule has 3 rings (SSSR count). The van der Waals surface area contributed by atoms with E-state index in [9.17, 15) is 4.79 Å². The molecule has 0 radical (unpaired) electrons. The van der Waals surface area contributed by atoms with Crippen LogP contribution in [0.4, 0.5) is 5.69 Å². The third-order valence-electron chi connectivity index (χ3n) is 5.28. The summed E-state index contributed by atoms with van der Waals surface area (Å²) in [5.74, 6) is 2.22. The molecule has 2 aliphatic rings. The minimum atomic E-state index is 0.258. The van der Waals surface area contributed by atoms with Gasteiger partial charge in [0.2, 0.25) is 5.91 Å². The van der Waals surface area contributed by atoms with Gasteiger partial charge >= 0.3 is 0 Å². The molecule has 1 saturated heterocycles. The molecule has 1 aliphatic carbocycles. The Morgan fingerprint density at radius 2 is 1.87 bits per heavy atom. The molecule has 1 aromatic heterocycles. The van der Waals surface area contributed by atoms with Crippen LogP contribution in [-0.4, -0.2) is 49.1 Å². The predicted octanol–water partition coefficient (Wildman–Crippen LogP) is 2.57. The second-order valence-electron chi connectivity index (χ2n) is 6.82. The van der Waals surface area contributed by atoms with Crippen molar-refractivity contribution in [3.63, 3.8) is 0 Å². The number of amides is 1. The van der Waals surface area contributed by atoms with E-state index in [1.54, 1.807) is 19.5 Å². The van der Waals surface area contributed by atoms with E-state index in [0.29, 0.717) is 5.91 Å². The molecular formula is C18H27N3O2. The van der Waals surface area contributed by atoms with Crippen LogP contribution in [0.2, 0.25) is 0 Å². The van der Waals surface area contributed by atoms with Gasteiger partial charge in [-0.2, -0.15) is 0 Å². The first kappa shape index (κ1) is 16.1. The van der Waals surface area contributed by atoms with Crippen LogP contribution in [0.25, 0.3) is 0 Å². The molecule has 1 aliphatic heterocycles. The minimum absolute atomic E-state index is 0.258. The largest absolute Gasteiger partial charge is 0.493 e. The van der Waals surface area contributed by atoms with E-state index in [0.717, 1.165) is 56.4 Å². The van der Waals surface area contributed by atoms with Gasteiger partial charge in [0.15, 0.2) is 5.75 Å². The lowest BCUT2D eigenvalue weighted by Gasteiger charge is -2.38. The molecule has 0 aromatic carbocycles. The number of piperazine rings is 1. The van der Waals surface area contributed by atoms with E-state index in [1.807, 2.05) is 6.07 Å². The Bertz CT molecular complexity index is 533. The molecule has 5 nitrogen and oxygen atoms in total. The summed E-state index contributed by atoms with van der Waals surface area (Å²) in [6.45, 7) is 5.61. The van der Waals surface area contributed by atoms with Gasteiger partial charge in [0.25, 0.3) is 0 Å². The molecule has 0 spiro atoms. The second kappa shape index (κ2) is 7.20. The molecular weight excluding hydrogens is 290 g/mol. The molecule has 2 fully saturated rings. The van der Waals surface area contributed by atoms with Crippen LogP contribution in [-0.2, 0) is 4.79 Å². The van der Waals surface area contributed by atoms with Crippen LogP contribution < -0.4 is 9.64 Å². The number of ether oxygens (including phenoxy) is 1. The first-order valence-corrected chi connectivity index (χ1v) is 8.70. The monoisotopic (exact) mass is 317 g/mol. The average Bonchev–Trinajstić information content (AvgIpc) is 2.62. The smallest absolute Gasteiger partial charge is 0.225 e. The van der Waals surface area contributed by atoms with Crippen LogP contribution in [0.1, 0.15) is 32.6 Å². The van der Waals surface area contributed by atoms with Gasteiger partial charge in [-0.3, -0.25) is 9.78 Å². The zero-order valence-electron chi connectivity index (χ0n) is 14.2. The van der Waals surface area contributed by atoms with E-state index in [-0.39, 0.29) is 5.92 Å². The third kappa shape index (κ3) is 3.59. The first-order valence-electron chi connectivity index (χ1n) is 8.70. The van der Waals surface area contributed by atoms with Crippen molar-refractivity contribution < 1.29 is 9.53 Å². The number of pyridine rings is 1. The zero-order chi connectivity index (χ0) is 16.2. The summed E-state index contributed by atoms with van der Waals surface area (Å²) in [5.41, 5.74) is 1.07. The lowest BCUT2D eigenvalue weighted by Crippen LogP contribution is -2.50. The number of anilines is 1. The topological polar surface area (TPSA) is 45.7 Å². The fourth-order valence-corrected chi connectivity index (χ4v) is 3.72. The van der Waals surface area contributed by atoms with Crippen LogP contribution in [0.15, 0.2) is 18.5 Å². The number of rotatable bonds is 3. The number of methoxy groups -OCH3 is 1. The SMILES string of the molecule is COc1cnccc1N1CCN(C(=O)C2CCC(C)CC2)CC1. The summed E-state index contributed by atoms with van der Waals surface area (Å²) in [5, 5.41) is 0. The summed E-state index contributed by atoms with van der Waals surface area (Å²) in [4.78, 5) is 21.1. The quantitative estimate of drug-likeness (QED) is 0.859. The highest BCUT2D eigenvalue weighted by Crippen LogP contribution is 2.31. The van der Waals surface area contributed by atoms with Crippen LogP contribution in [0, 0.1) is 11.8 Å². The van der Waals surface area contributed by atoms with Crippen molar-refractivity contribution in [2.24, 2.45) is 11.8 Å². The van der Waals surface area contributed by atoms with E-state index in [1.165, 1.54) is 12.8 Å².